The predicted octanol–water partition coefficient (Wildman–Crippen LogP) is 8.31. The second-order valence-corrected chi connectivity index (χ2v) is 8.49. The van der Waals surface area contributed by atoms with Crippen LogP contribution in [-0.4, -0.2) is 12.6 Å². The van der Waals surface area contributed by atoms with E-state index in [1.54, 1.807) is 54.6 Å². The summed E-state index contributed by atoms with van der Waals surface area (Å²) in [5.41, 5.74) is 1.91. The van der Waals surface area contributed by atoms with Gasteiger partial charge in [-0.05, 0) is 61.2 Å². The molecule has 0 aliphatic carbocycles. The number of aryl methyl sites for hydroxylation is 1. The Morgan fingerprint density at radius 1 is 0.811 bits per heavy atom. The predicted molar refractivity (Wildman–Crippen MR) is 138 cm³/mol. The highest BCUT2D eigenvalue weighted by Gasteiger charge is 2.21. The maximum atomic E-state index is 14.7. The zero-order valence-corrected chi connectivity index (χ0v) is 20.3. The molecule has 37 heavy (non-hydrogen) atoms. The summed E-state index contributed by atoms with van der Waals surface area (Å²) < 4.78 is 54.9. The van der Waals surface area contributed by atoms with Gasteiger partial charge in [-0.3, -0.25) is 0 Å². The van der Waals surface area contributed by atoms with Crippen molar-refractivity contribution in [2.45, 2.75) is 19.8 Å². The van der Waals surface area contributed by atoms with Gasteiger partial charge in [0.1, 0.15) is 17.3 Å². The number of ether oxygens (including phenoxy) is 2. The first-order valence-corrected chi connectivity index (χ1v) is 11.8. The highest BCUT2D eigenvalue weighted by atomic mass is 19.2. The number of benzene rings is 4. The lowest BCUT2D eigenvalue weighted by molar-refractivity contribution is 0.0728. The van der Waals surface area contributed by atoms with Crippen molar-refractivity contribution >= 4 is 5.97 Å². The van der Waals surface area contributed by atoms with Crippen LogP contribution in [0.2, 0.25) is 0 Å². The van der Waals surface area contributed by atoms with E-state index < -0.39 is 29.0 Å². The van der Waals surface area contributed by atoms with Gasteiger partial charge in [0.05, 0.1) is 12.2 Å². The number of rotatable bonds is 9. The van der Waals surface area contributed by atoms with Crippen LogP contribution in [-0.2, 0) is 0 Å². The Morgan fingerprint density at radius 2 is 1.43 bits per heavy atom. The van der Waals surface area contributed by atoms with E-state index in [1.165, 1.54) is 30.3 Å². The largest absolute Gasteiger partial charge is 0.493 e. The standard InChI is InChI=1S/C31H25F3O3/c1-3-4-5-18-36-24-14-15-25(28(32)19-24)21-10-12-23(13-11-21)37-31(35)27-17-16-26(29(33)30(27)34)22-8-6-20(2)7-9-22/h3,6-17,19H,1,4-5,18H2,2H3. The van der Waals surface area contributed by atoms with E-state index in [2.05, 4.69) is 6.58 Å². The van der Waals surface area contributed by atoms with E-state index in [0.717, 1.165) is 18.4 Å². The van der Waals surface area contributed by atoms with Gasteiger partial charge in [0, 0.05) is 17.2 Å². The fourth-order valence-electron chi connectivity index (χ4n) is 3.77. The molecule has 4 rings (SSSR count). The van der Waals surface area contributed by atoms with Gasteiger partial charge < -0.3 is 9.47 Å². The fourth-order valence-corrected chi connectivity index (χ4v) is 3.77. The minimum absolute atomic E-state index is 0.0496. The van der Waals surface area contributed by atoms with Crippen molar-refractivity contribution in [2.75, 3.05) is 6.61 Å². The first-order chi connectivity index (χ1) is 17.9. The molecule has 0 unspecified atom stereocenters. The number of esters is 1. The maximum absolute atomic E-state index is 14.7. The van der Waals surface area contributed by atoms with Crippen LogP contribution >= 0.6 is 0 Å². The molecule has 3 nitrogen and oxygen atoms in total. The SMILES string of the molecule is C=CCCCOc1ccc(-c2ccc(OC(=O)c3ccc(-c4ccc(C)cc4)c(F)c3F)cc2)c(F)c1. The van der Waals surface area contributed by atoms with Crippen molar-refractivity contribution < 1.29 is 27.4 Å². The Morgan fingerprint density at radius 3 is 2.11 bits per heavy atom. The highest BCUT2D eigenvalue weighted by Crippen LogP contribution is 2.30. The van der Waals surface area contributed by atoms with Gasteiger partial charge in [-0.15, -0.1) is 6.58 Å². The second kappa shape index (κ2) is 11.6. The van der Waals surface area contributed by atoms with Crippen LogP contribution in [0.4, 0.5) is 13.2 Å². The van der Waals surface area contributed by atoms with E-state index in [-0.39, 0.29) is 11.3 Å². The molecule has 0 radical (unpaired) electrons. The van der Waals surface area contributed by atoms with Crippen molar-refractivity contribution in [1.82, 2.24) is 0 Å². The Bertz CT molecular complexity index is 1410. The summed E-state index contributed by atoms with van der Waals surface area (Å²) >= 11 is 0. The van der Waals surface area contributed by atoms with Crippen molar-refractivity contribution in [2.24, 2.45) is 0 Å². The number of hydrogen-bond acceptors (Lipinski definition) is 3. The van der Waals surface area contributed by atoms with Gasteiger partial charge in [0.2, 0.25) is 0 Å². The number of unbranched alkanes of at least 4 members (excludes halogenated alkanes) is 1. The maximum Gasteiger partial charge on any atom is 0.346 e. The van der Waals surface area contributed by atoms with E-state index in [0.29, 0.717) is 29.0 Å². The normalized spacial score (nSPS) is 10.7. The van der Waals surface area contributed by atoms with Gasteiger partial charge in [0.15, 0.2) is 11.6 Å². The van der Waals surface area contributed by atoms with Crippen LogP contribution in [0.3, 0.4) is 0 Å². The van der Waals surface area contributed by atoms with E-state index in [4.69, 9.17) is 9.47 Å². The minimum atomic E-state index is -1.28. The molecule has 4 aromatic carbocycles. The number of allylic oxidation sites excluding steroid dienone is 1. The van der Waals surface area contributed by atoms with E-state index >= 15 is 0 Å². The molecular formula is C31H25F3O3. The molecule has 0 N–H and O–H groups in total. The van der Waals surface area contributed by atoms with Crippen LogP contribution in [0.15, 0.2) is 91.5 Å². The topological polar surface area (TPSA) is 35.5 Å². The van der Waals surface area contributed by atoms with Crippen molar-refractivity contribution in [3.05, 3.63) is 120 Å². The molecule has 0 fully saturated rings. The number of carbonyl (C=O) groups excluding carboxylic acids is 1. The van der Waals surface area contributed by atoms with Crippen LogP contribution < -0.4 is 9.47 Å². The van der Waals surface area contributed by atoms with Crippen molar-refractivity contribution in [3.8, 4) is 33.8 Å². The third-order valence-corrected chi connectivity index (χ3v) is 5.80. The van der Waals surface area contributed by atoms with Crippen molar-refractivity contribution in [1.29, 1.82) is 0 Å². The molecule has 188 valence electrons. The molecule has 4 aromatic rings. The van der Waals surface area contributed by atoms with E-state index in [1.807, 2.05) is 6.92 Å². The molecule has 0 spiro atoms. The Kier molecular flexibility index (Phi) is 8.08. The summed E-state index contributed by atoms with van der Waals surface area (Å²) in [5, 5.41) is 0. The lowest BCUT2D eigenvalue weighted by Gasteiger charge is -2.11. The first kappa shape index (κ1) is 25.8. The molecular weight excluding hydrogens is 477 g/mol. The Balaban J connectivity index is 1.45. The van der Waals surface area contributed by atoms with Crippen LogP contribution in [0.25, 0.3) is 22.3 Å². The summed E-state index contributed by atoms with van der Waals surface area (Å²) in [5.74, 6) is -3.37. The molecule has 0 saturated heterocycles. The second-order valence-electron chi connectivity index (χ2n) is 8.49. The van der Waals surface area contributed by atoms with E-state index in [9.17, 15) is 18.0 Å². The van der Waals surface area contributed by atoms with Gasteiger partial charge in [0.25, 0.3) is 0 Å². The molecule has 0 aliphatic heterocycles. The molecule has 0 amide bonds. The third-order valence-electron chi connectivity index (χ3n) is 5.80. The smallest absolute Gasteiger partial charge is 0.346 e. The zero-order valence-electron chi connectivity index (χ0n) is 20.3. The molecule has 0 bridgehead atoms. The summed E-state index contributed by atoms with van der Waals surface area (Å²) in [4.78, 5) is 12.5. The quantitative estimate of drug-likeness (QED) is 0.0999. The molecule has 0 aliphatic rings. The van der Waals surface area contributed by atoms with Gasteiger partial charge in [-0.2, -0.15) is 0 Å². The monoisotopic (exact) mass is 502 g/mol. The minimum Gasteiger partial charge on any atom is -0.493 e. The third kappa shape index (κ3) is 6.09. The Labute approximate surface area is 213 Å². The average Bonchev–Trinajstić information content (AvgIpc) is 2.89. The number of halogens is 3. The molecule has 0 heterocycles. The Hall–Kier alpha value is -4.32. The summed E-state index contributed by atoms with van der Waals surface area (Å²) in [6, 6.07) is 20.1. The van der Waals surface area contributed by atoms with Crippen LogP contribution in [0.5, 0.6) is 11.5 Å². The zero-order chi connectivity index (χ0) is 26.4. The number of carbonyl (C=O) groups is 1. The lowest BCUT2D eigenvalue weighted by atomic mass is 10.0. The highest BCUT2D eigenvalue weighted by molar-refractivity contribution is 5.92. The van der Waals surface area contributed by atoms with Gasteiger partial charge in [-0.25, -0.2) is 18.0 Å². The summed E-state index contributed by atoms with van der Waals surface area (Å²) in [7, 11) is 0. The molecule has 0 atom stereocenters. The molecule has 0 aromatic heterocycles. The average molecular weight is 503 g/mol. The van der Waals surface area contributed by atoms with Crippen LogP contribution in [0.1, 0.15) is 28.8 Å². The summed E-state index contributed by atoms with van der Waals surface area (Å²) in [6.45, 7) is 6.00. The van der Waals surface area contributed by atoms with Crippen LogP contribution in [0, 0.1) is 24.4 Å². The fraction of sp³-hybridized carbons (Fsp3) is 0.129. The molecule has 0 saturated carbocycles. The molecule has 6 heteroatoms. The lowest BCUT2D eigenvalue weighted by Crippen LogP contribution is -2.12. The van der Waals surface area contributed by atoms with Gasteiger partial charge >= 0.3 is 5.97 Å². The summed E-state index contributed by atoms with van der Waals surface area (Å²) in [6.07, 6.45) is 3.41. The van der Waals surface area contributed by atoms with Crippen molar-refractivity contribution in [3.63, 3.8) is 0 Å². The number of hydrogen-bond donors (Lipinski definition) is 0. The van der Waals surface area contributed by atoms with Gasteiger partial charge in [-0.1, -0.05) is 54.1 Å². The first-order valence-electron chi connectivity index (χ1n) is 11.8.